The maximum Gasteiger partial charge on any atom is 0.271 e. The van der Waals surface area contributed by atoms with Crippen molar-refractivity contribution in [2.24, 2.45) is 17.8 Å². The van der Waals surface area contributed by atoms with Crippen molar-refractivity contribution >= 4 is 34.8 Å². The molecule has 170 valence electrons. The number of nitro groups is 1. The predicted octanol–water partition coefficient (Wildman–Crippen LogP) is 2.18. The van der Waals surface area contributed by atoms with Crippen LogP contribution in [0.25, 0.3) is 0 Å². The Hall–Kier alpha value is -3.79. The molecule has 33 heavy (non-hydrogen) atoms. The van der Waals surface area contributed by atoms with Gasteiger partial charge in [0, 0.05) is 29.4 Å². The third-order valence-electron chi connectivity index (χ3n) is 6.89. The summed E-state index contributed by atoms with van der Waals surface area (Å²) in [5, 5.41) is 17.6. The van der Waals surface area contributed by atoms with Crippen LogP contribution in [0.4, 0.5) is 17.1 Å². The molecule has 4 atom stereocenters. The number of amides is 3. The van der Waals surface area contributed by atoms with E-state index in [2.05, 4.69) is 10.6 Å². The number of carbonyl (C=O) groups is 3. The number of ether oxygens (including phenoxy) is 1. The topological polar surface area (TPSA) is 131 Å². The number of hydrogen-bond acceptors (Lipinski definition) is 7. The van der Waals surface area contributed by atoms with Gasteiger partial charge in [0.1, 0.15) is 17.0 Å². The summed E-state index contributed by atoms with van der Waals surface area (Å²) >= 11 is 0. The molecule has 2 saturated heterocycles. The summed E-state index contributed by atoms with van der Waals surface area (Å²) in [5.41, 5.74) is -0.487. The van der Waals surface area contributed by atoms with E-state index >= 15 is 0 Å². The lowest BCUT2D eigenvalue weighted by Crippen LogP contribution is -2.54. The van der Waals surface area contributed by atoms with Crippen LogP contribution in [0, 0.1) is 27.9 Å². The Morgan fingerprint density at radius 1 is 1.12 bits per heavy atom. The second-order valence-electron chi connectivity index (χ2n) is 8.85. The molecule has 3 aliphatic rings. The number of methoxy groups -OCH3 is 1. The highest BCUT2D eigenvalue weighted by atomic mass is 16.6. The molecule has 2 fully saturated rings. The van der Waals surface area contributed by atoms with Gasteiger partial charge in [-0.15, -0.1) is 0 Å². The maximum atomic E-state index is 13.9. The number of anilines is 2. The van der Waals surface area contributed by atoms with Gasteiger partial charge in [0.2, 0.25) is 17.7 Å². The number of benzene rings is 2. The number of nitrogens with one attached hydrogen (secondary N) is 2. The van der Waals surface area contributed by atoms with Gasteiger partial charge in [-0.25, -0.2) is 4.90 Å². The zero-order valence-corrected chi connectivity index (χ0v) is 18.2. The Balaban J connectivity index is 1.70. The molecular weight excluding hydrogens is 428 g/mol. The SMILES string of the molecule is COc1ccc([N+](=O)[O-])cc1N1C(=O)[C@@H]2[C@@H](C(C)C)N[C@]3(C(=O)Nc4ccccc43)[C@@H]2C1=O. The quantitative estimate of drug-likeness (QED) is 0.415. The van der Waals surface area contributed by atoms with Gasteiger partial charge in [0.25, 0.3) is 5.69 Å². The molecule has 10 nitrogen and oxygen atoms in total. The van der Waals surface area contributed by atoms with Crippen molar-refractivity contribution in [3.63, 3.8) is 0 Å². The second-order valence-corrected chi connectivity index (χ2v) is 8.85. The molecule has 3 heterocycles. The molecule has 3 aliphatic heterocycles. The minimum atomic E-state index is -1.41. The fourth-order valence-corrected chi connectivity index (χ4v) is 5.47. The lowest BCUT2D eigenvalue weighted by molar-refractivity contribution is -0.384. The smallest absolute Gasteiger partial charge is 0.271 e. The number of para-hydroxylation sites is 1. The van der Waals surface area contributed by atoms with Gasteiger partial charge in [-0.2, -0.15) is 0 Å². The van der Waals surface area contributed by atoms with Gasteiger partial charge in [-0.05, 0) is 18.1 Å². The normalized spacial score (nSPS) is 27.8. The van der Waals surface area contributed by atoms with E-state index in [-0.39, 0.29) is 23.0 Å². The molecule has 2 N–H and O–H groups in total. The highest BCUT2D eigenvalue weighted by molar-refractivity contribution is 6.26. The predicted molar refractivity (Wildman–Crippen MR) is 118 cm³/mol. The molecule has 2 aromatic rings. The average molecular weight is 450 g/mol. The zero-order valence-electron chi connectivity index (χ0n) is 18.2. The fourth-order valence-electron chi connectivity index (χ4n) is 5.47. The second kappa shape index (κ2) is 7.11. The number of fused-ring (bicyclic) bond motifs is 4. The minimum absolute atomic E-state index is 0.000413. The van der Waals surface area contributed by atoms with Gasteiger partial charge in [0.15, 0.2) is 0 Å². The average Bonchev–Trinajstić information content (AvgIpc) is 3.38. The van der Waals surface area contributed by atoms with Gasteiger partial charge in [-0.1, -0.05) is 32.0 Å². The van der Waals surface area contributed by atoms with Crippen molar-refractivity contribution in [1.82, 2.24) is 5.32 Å². The standard InChI is InChI=1S/C23H22N4O6/c1-11(2)19-17-18(23(25-19)13-6-4-5-7-14(13)24-22(23)30)21(29)26(20(17)28)15-10-12(27(31)32)8-9-16(15)33-3/h4-11,17-19,25H,1-3H3,(H,24,30)/t17-,18-,19+,23-/m0/s1. The number of non-ortho nitro benzene ring substituents is 1. The summed E-state index contributed by atoms with van der Waals surface area (Å²) in [5.74, 6) is -3.24. The molecule has 0 saturated carbocycles. The molecule has 0 aliphatic carbocycles. The molecule has 0 aromatic heterocycles. The van der Waals surface area contributed by atoms with Crippen LogP contribution in [0.1, 0.15) is 19.4 Å². The first-order valence-electron chi connectivity index (χ1n) is 10.6. The summed E-state index contributed by atoms with van der Waals surface area (Å²) in [6, 6.07) is 10.4. The van der Waals surface area contributed by atoms with Crippen LogP contribution < -0.4 is 20.3 Å². The van der Waals surface area contributed by atoms with Crippen LogP contribution in [0.15, 0.2) is 42.5 Å². The summed E-state index contributed by atoms with van der Waals surface area (Å²) < 4.78 is 5.32. The van der Waals surface area contributed by atoms with Crippen LogP contribution in [-0.2, 0) is 19.9 Å². The van der Waals surface area contributed by atoms with Gasteiger partial charge in [-0.3, -0.25) is 29.8 Å². The van der Waals surface area contributed by atoms with Gasteiger partial charge < -0.3 is 10.1 Å². The summed E-state index contributed by atoms with van der Waals surface area (Å²) in [4.78, 5) is 52.7. The van der Waals surface area contributed by atoms with Crippen molar-refractivity contribution in [2.45, 2.75) is 25.4 Å². The van der Waals surface area contributed by atoms with E-state index in [1.165, 1.54) is 19.2 Å². The molecular formula is C23H22N4O6. The van der Waals surface area contributed by atoms with E-state index in [0.29, 0.717) is 11.3 Å². The van der Waals surface area contributed by atoms with Crippen LogP contribution in [0.5, 0.6) is 5.75 Å². The lowest BCUT2D eigenvalue weighted by atomic mass is 9.76. The summed E-state index contributed by atoms with van der Waals surface area (Å²) in [7, 11) is 1.36. The van der Waals surface area contributed by atoms with E-state index in [9.17, 15) is 24.5 Å². The Bertz CT molecular complexity index is 1230. The zero-order chi connectivity index (χ0) is 23.7. The van der Waals surface area contributed by atoms with Crippen molar-refractivity contribution < 1.29 is 24.0 Å². The number of nitrogens with zero attached hydrogens (tertiary/aromatic N) is 2. The molecule has 1 spiro atoms. The van der Waals surface area contributed by atoms with E-state index in [1.54, 1.807) is 24.3 Å². The third kappa shape index (κ3) is 2.67. The van der Waals surface area contributed by atoms with Crippen LogP contribution in [0.3, 0.4) is 0 Å². The maximum absolute atomic E-state index is 13.9. The highest BCUT2D eigenvalue weighted by Crippen LogP contribution is 2.55. The summed E-state index contributed by atoms with van der Waals surface area (Å²) in [6.45, 7) is 3.84. The fraction of sp³-hybridized carbons (Fsp3) is 0.348. The molecule has 3 amide bonds. The van der Waals surface area contributed by atoms with Gasteiger partial charge in [0.05, 0.1) is 23.9 Å². The summed E-state index contributed by atoms with van der Waals surface area (Å²) in [6.07, 6.45) is 0. The van der Waals surface area contributed by atoms with Crippen molar-refractivity contribution in [2.75, 3.05) is 17.3 Å². The number of carbonyl (C=O) groups excluding carboxylic acids is 3. The molecule has 0 bridgehead atoms. The van der Waals surface area contributed by atoms with Crippen LogP contribution in [-0.4, -0.2) is 35.8 Å². The Morgan fingerprint density at radius 2 is 1.85 bits per heavy atom. The Kier molecular flexibility index (Phi) is 4.54. The number of nitro benzene ring substituents is 1. The van der Waals surface area contributed by atoms with Gasteiger partial charge >= 0.3 is 0 Å². The molecule has 0 unspecified atom stereocenters. The Morgan fingerprint density at radius 3 is 2.52 bits per heavy atom. The number of rotatable bonds is 4. The van der Waals surface area contributed by atoms with Crippen molar-refractivity contribution in [3.05, 3.63) is 58.1 Å². The highest BCUT2D eigenvalue weighted by Gasteiger charge is 2.71. The first-order valence-corrected chi connectivity index (χ1v) is 10.6. The van der Waals surface area contributed by atoms with Crippen LogP contribution >= 0.6 is 0 Å². The third-order valence-corrected chi connectivity index (χ3v) is 6.89. The van der Waals surface area contributed by atoms with E-state index in [1.807, 2.05) is 13.8 Å². The van der Waals surface area contributed by atoms with Crippen molar-refractivity contribution in [3.8, 4) is 5.75 Å². The van der Waals surface area contributed by atoms with Crippen molar-refractivity contribution in [1.29, 1.82) is 0 Å². The number of hydrogen-bond donors (Lipinski definition) is 2. The van der Waals surface area contributed by atoms with E-state index < -0.39 is 46.1 Å². The molecule has 2 aromatic carbocycles. The molecule has 0 radical (unpaired) electrons. The minimum Gasteiger partial charge on any atom is -0.495 e. The van der Waals surface area contributed by atoms with Crippen LogP contribution in [0.2, 0.25) is 0 Å². The Labute approximate surface area is 189 Å². The first kappa shape index (κ1) is 21.1. The monoisotopic (exact) mass is 450 g/mol. The lowest BCUT2D eigenvalue weighted by Gasteiger charge is -2.30. The molecule has 10 heteroatoms. The van der Waals surface area contributed by atoms with E-state index in [4.69, 9.17) is 4.74 Å². The largest absolute Gasteiger partial charge is 0.495 e. The van der Waals surface area contributed by atoms with E-state index in [0.717, 1.165) is 11.0 Å². The first-order chi connectivity index (χ1) is 15.7. The molecule has 5 rings (SSSR count). The number of imide groups is 1.